The number of para-hydroxylation sites is 1. The molecule has 0 aliphatic heterocycles. The smallest absolute Gasteiger partial charge is 0.194 e. The molecule has 5 nitrogen and oxygen atoms in total. The fourth-order valence-electron chi connectivity index (χ4n) is 3.18. The first kappa shape index (κ1) is 17.9. The van der Waals surface area contributed by atoms with Crippen molar-refractivity contribution in [2.45, 2.75) is 26.0 Å². The largest absolute Gasteiger partial charge is 0.483 e. The zero-order valence-electron chi connectivity index (χ0n) is 15.7. The Labute approximate surface area is 163 Å². The monoisotopic (exact) mass is 371 g/mol. The molecule has 0 saturated carbocycles. The molecular formula is C23H21N3O2. The second-order valence-electron chi connectivity index (χ2n) is 6.61. The Morgan fingerprint density at radius 3 is 2.36 bits per heavy atom. The number of nitrogens with zero attached hydrogens (tertiary/aromatic N) is 3. The van der Waals surface area contributed by atoms with Gasteiger partial charge in [0.25, 0.3) is 0 Å². The van der Waals surface area contributed by atoms with Gasteiger partial charge in [-0.1, -0.05) is 66.7 Å². The first-order valence-corrected chi connectivity index (χ1v) is 9.37. The fraction of sp³-hybridized carbons (Fsp3) is 0.174. The van der Waals surface area contributed by atoms with Gasteiger partial charge in [0.2, 0.25) is 0 Å². The van der Waals surface area contributed by atoms with E-state index in [-0.39, 0.29) is 12.3 Å². The summed E-state index contributed by atoms with van der Waals surface area (Å²) in [4.78, 5) is 12.8. The first-order valence-electron chi connectivity index (χ1n) is 9.37. The Morgan fingerprint density at radius 1 is 0.929 bits per heavy atom. The topological polar surface area (TPSA) is 57.0 Å². The number of hydrogen-bond acceptors (Lipinski definition) is 4. The fourth-order valence-corrected chi connectivity index (χ4v) is 3.18. The molecule has 0 fully saturated rings. The number of rotatable bonds is 7. The van der Waals surface area contributed by atoms with E-state index in [1.54, 1.807) is 4.68 Å². The highest BCUT2D eigenvalue weighted by atomic mass is 16.5. The molecule has 1 atom stereocenters. The van der Waals surface area contributed by atoms with Crippen LogP contribution in [0.4, 0.5) is 0 Å². The standard InChI is InChI=1S/C23H21N3O2/c1-2-23(22(27)16-26-21-11-7-6-10-20(21)24-25-26)28-19-14-12-18(13-15-19)17-8-4-3-5-9-17/h3-15,23H,2,16H2,1H3. The highest BCUT2D eigenvalue weighted by molar-refractivity contribution is 5.85. The summed E-state index contributed by atoms with van der Waals surface area (Å²) in [5.74, 6) is 0.661. The molecule has 0 aliphatic rings. The quantitative estimate of drug-likeness (QED) is 0.479. The molecule has 1 aromatic heterocycles. The van der Waals surface area contributed by atoms with Gasteiger partial charge in [-0.25, -0.2) is 4.68 Å². The van der Waals surface area contributed by atoms with Gasteiger partial charge >= 0.3 is 0 Å². The maximum absolute atomic E-state index is 12.8. The Morgan fingerprint density at radius 2 is 1.61 bits per heavy atom. The molecule has 1 heterocycles. The first-order chi connectivity index (χ1) is 13.7. The summed E-state index contributed by atoms with van der Waals surface area (Å²) in [6, 6.07) is 25.6. The van der Waals surface area contributed by atoms with Crippen molar-refractivity contribution in [3.05, 3.63) is 78.9 Å². The van der Waals surface area contributed by atoms with Crippen LogP contribution in [0.15, 0.2) is 78.9 Å². The summed E-state index contributed by atoms with van der Waals surface area (Å²) < 4.78 is 7.59. The third-order valence-electron chi connectivity index (χ3n) is 4.70. The number of ketones is 1. The van der Waals surface area contributed by atoms with Crippen molar-refractivity contribution in [1.82, 2.24) is 15.0 Å². The second kappa shape index (κ2) is 8.05. The molecule has 0 radical (unpaired) electrons. The van der Waals surface area contributed by atoms with Crippen LogP contribution in [0, 0.1) is 0 Å². The van der Waals surface area contributed by atoms with Gasteiger partial charge in [0.15, 0.2) is 11.9 Å². The van der Waals surface area contributed by atoms with Gasteiger partial charge in [-0.05, 0) is 41.8 Å². The van der Waals surface area contributed by atoms with E-state index in [1.165, 1.54) is 0 Å². The molecule has 0 aliphatic carbocycles. The van der Waals surface area contributed by atoms with Crippen LogP contribution < -0.4 is 4.74 Å². The van der Waals surface area contributed by atoms with Crippen LogP contribution in [0.3, 0.4) is 0 Å². The van der Waals surface area contributed by atoms with E-state index in [4.69, 9.17) is 4.74 Å². The zero-order chi connectivity index (χ0) is 19.3. The minimum atomic E-state index is -0.523. The second-order valence-corrected chi connectivity index (χ2v) is 6.61. The summed E-state index contributed by atoms with van der Waals surface area (Å²) in [6.07, 6.45) is 0.0665. The number of carbonyl (C=O) groups is 1. The average molecular weight is 371 g/mol. The van der Waals surface area contributed by atoms with Crippen LogP contribution in [0.25, 0.3) is 22.2 Å². The third kappa shape index (κ3) is 3.78. The van der Waals surface area contributed by atoms with Gasteiger partial charge in [-0.3, -0.25) is 4.79 Å². The van der Waals surface area contributed by atoms with Gasteiger partial charge in [-0.15, -0.1) is 5.10 Å². The molecule has 0 amide bonds. The van der Waals surface area contributed by atoms with Crippen LogP contribution >= 0.6 is 0 Å². The van der Waals surface area contributed by atoms with Crippen molar-refractivity contribution >= 4 is 16.8 Å². The molecule has 3 aromatic carbocycles. The van der Waals surface area contributed by atoms with Crippen molar-refractivity contribution in [3.8, 4) is 16.9 Å². The average Bonchev–Trinajstić information content (AvgIpc) is 3.16. The minimum Gasteiger partial charge on any atom is -0.483 e. The van der Waals surface area contributed by atoms with E-state index < -0.39 is 6.10 Å². The molecule has 4 rings (SSSR count). The lowest BCUT2D eigenvalue weighted by Crippen LogP contribution is -2.30. The molecule has 0 spiro atoms. The number of ether oxygens (including phenoxy) is 1. The van der Waals surface area contributed by atoms with E-state index in [9.17, 15) is 4.79 Å². The van der Waals surface area contributed by atoms with Gasteiger partial charge in [0, 0.05) is 0 Å². The van der Waals surface area contributed by atoms with E-state index >= 15 is 0 Å². The van der Waals surface area contributed by atoms with Gasteiger partial charge in [0.05, 0.1) is 5.52 Å². The van der Waals surface area contributed by atoms with E-state index in [2.05, 4.69) is 22.4 Å². The van der Waals surface area contributed by atoms with Crippen molar-refractivity contribution in [2.75, 3.05) is 0 Å². The molecule has 0 N–H and O–H groups in total. The predicted octanol–water partition coefficient (Wildman–Crippen LogP) is 4.53. The predicted molar refractivity (Wildman–Crippen MR) is 109 cm³/mol. The summed E-state index contributed by atoms with van der Waals surface area (Å²) >= 11 is 0. The number of carbonyl (C=O) groups excluding carboxylic acids is 1. The summed E-state index contributed by atoms with van der Waals surface area (Å²) in [5.41, 5.74) is 3.88. The number of benzene rings is 3. The van der Waals surface area contributed by atoms with Gasteiger partial charge < -0.3 is 4.74 Å². The van der Waals surface area contributed by atoms with Crippen LogP contribution in [-0.4, -0.2) is 26.9 Å². The third-order valence-corrected chi connectivity index (χ3v) is 4.70. The summed E-state index contributed by atoms with van der Waals surface area (Å²) in [7, 11) is 0. The SMILES string of the molecule is CCC(Oc1ccc(-c2ccccc2)cc1)C(=O)Cn1nnc2ccccc21. The molecule has 4 aromatic rings. The van der Waals surface area contributed by atoms with Crippen molar-refractivity contribution in [3.63, 3.8) is 0 Å². The van der Waals surface area contributed by atoms with Crippen molar-refractivity contribution in [2.24, 2.45) is 0 Å². The Bertz CT molecular complexity index is 1070. The van der Waals surface area contributed by atoms with Crippen LogP contribution in [0.5, 0.6) is 5.75 Å². The van der Waals surface area contributed by atoms with Crippen molar-refractivity contribution in [1.29, 1.82) is 0 Å². The number of Topliss-reactive ketones (excluding diaryl/α,β-unsaturated/α-hetero) is 1. The highest BCUT2D eigenvalue weighted by Gasteiger charge is 2.20. The van der Waals surface area contributed by atoms with Crippen LogP contribution in [0.2, 0.25) is 0 Å². The minimum absolute atomic E-state index is 0.0229. The number of fused-ring (bicyclic) bond motifs is 1. The lowest BCUT2D eigenvalue weighted by atomic mass is 10.1. The maximum Gasteiger partial charge on any atom is 0.194 e. The lowest BCUT2D eigenvalue weighted by Gasteiger charge is -2.17. The normalized spacial score (nSPS) is 12.0. The van der Waals surface area contributed by atoms with E-state index in [0.29, 0.717) is 12.2 Å². The molecule has 0 bridgehead atoms. The molecule has 140 valence electrons. The maximum atomic E-state index is 12.8. The molecule has 0 saturated heterocycles. The highest BCUT2D eigenvalue weighted by Crippen LogP contribution is 2.23. The molecule has 5 heteroatoms. The Kier molecular flexibility index (Phi) is 5.15. The molecule has 28 heavy (non-hydrogen) atoms. The van der Waals surface area contributed by atoms with Crippen molar-refractivity contribution < 1.29 is 9.53 Å². The Balaban J connectivity index is 1.46. The van der Waals surface area contributed by atoms with Crippen LogP contribution in [0.1, 0.15) is 13.3 Å². The van der Waals surface area contributed by atoms with E-state index in [0.717, 1.165) is 22.2 Å². The molecule has 1 unspecified atom stereocenters. The van der Waals surface area contributed by atoms with Crippen LogP contribution in [-0.2, 0) is 11.3 Å². The zero-order valence-corrected chi connectivity index (χ0v) is 15.7. The number of aromatic nitrogens is 3. The van der Waals surface area contributed by atoms with Gasteiger partial charge in [0.1, 0.15) is 17.8 Å². The van der Waals surface area contributed by atoms with E-state index in [1.807, 2.05) is 73.7 Å². The molecular weight excluding hydrogens is 350 g/mol. The van der Waals surface area contributed by atoms with Gasteiger partial charge in [-0.2, -0.15) is 0 Å². The number of hydrogen-bond donors (Lipinski definition) is 0. The summed E-state index contributed by atoms with van der Waals surface area (Å²) in [6.45, 7) is 2.08. The summed E-state index contributed by atoms with van der Waals surface area (Å²) in [5, 5.41) is 8.19. The lowest BCUT2D eigenvalue weighted by molar-refractivity contribution is -0.126. The Hall–Kier alpha value is -3.47.